The molecule has 1 N–H and O–H groups in total. The molecule has 0 aliphatic carbocycles. The molecule has 1 heterocycles. The van der Waals surface area contributed by atoms with Gasteiger partial charge >= 0.3 is 5.97 Å². The second-order valence-electron chi connectivity index (χ2n) is 7.19. The fourth-order valence-electron chi connectivity index (χ4n) is 3.50. The number of aryl methyl sites for hydroxylation is 1. The third kappa shape index (κ3) is 4.88. The molecule has 0 spiro atoms. The lowest BCUT2D eigenvalue weighted by Crippen LogP contribution is -2.35. The third-order valence-electron chi connectivity index (χ3n) is 5.03. The Kier molecular flexibility index (Phi) is 6.65. The average Bonchev–Trinajstić information content (AvgIpc) is 3.08. The number of Topliss-reactive ketones (excluding diaryl/α,β-unsaturated/α-hetero) is 1. The van der Waals surface area contributed by atoms with Crippen molar-refractivity contribution in [3.05, 3.63) is 94.1 Å². The van der Waals surface area contributed by atoms with Gasteiger partial charge in [-0.15, -0.1) is 0 Å². The van der Waals surface area contributed by atoms with Crippen LogP contribution < -0.4 is 0 Å². The molecule has 0 saturated heterocycles. The van der Waals surface area contributed by atoms with Crippen LogP contribution in [0.3, 0.4) is 0 Å². The van der Waals surface area contributed by atoms with Crippen LogP contribution >= 0.6 is 0 Å². The van der Waals surface area contributed by atoms with E-state index in [1.807, 2.05) is 0 Å². The molecule has 31 heavy (non-hydrogen) atoms. The van der Waals surface area contributed by atoms with Gasteiger partial charge in [0.25, 0.3) is 5.91 Å². The summed E-state index contributed by atoms with van der Waals surface area (Å²) < 4.78 is 18.0. The molecule has 1 aromatic heterocycles. The number of aromatic nitrogens is 1. The van der Waals surface area contributed by atoms with Crippen molar-refractivity contribution in [1.29, 1.82) is 0 Å². The zero-order chi connectivity index (χ0) is 22.5. The van der Waals surface area contributed by atoms with Crippen LogP contribution in [0.5, 0.6) is 0 Å². The van der Waals surface area contributed by atoms with Crippen LogP contribution in [-0.2, 0) is 11.3 Å². The number of methoxy groups -OCH3 is 1. The first kappa shape index (κ1) is 22.0. The minimum Gasteiger partial charge on any atom is -0.464 e. The topological polar surface area (TPSA) is 79.5 Å². The van der Waals surface area contributed by atoms with Crippen molar-refractivity contribution >= 4 is 17.7 Å². The van der Waals surface area contributed by atoms with Gasteiger partial charge in [-0.25, -0.2) is 9.18 Å². The van der Waals surface area contributed by atoms with E-state index in [1.165, 1.54) is 24.1 Å². The van der Waals surface area contributed by atoms with Crippen LogP contribution in [0.2, 0.25) is 0 Å². The highest BCUT2D eigenvalue weighted by Crippen LogP contribution is 2.21. The highest BCUT2D eigenvalue weighted by Gasteiger charge is 2.26. The summed E-state index contributed by atoms with van der Waals surface area (Å²) in [6.45, 7) is 3.28. The molecule has 0 atom stereocenters. The summed E-state index contributed by atoms with van der Waals surface area (Å²) in [5, 5.41) is 0. The second-order valence-corrected chi connectivity index (χ2v) is 7.19. The van der Waals surface area contributed by atoms with E-state index in [9.17, 15) is 18.8 Å². The number of hydrogen-bond donors (Lipinski definition) is 1. The molecule has 6 nitrogen and oxygen atoms in total. The maximum atomic E-state index is 13.3. The van der Waals surface area contributed by atoms with Crippen LogP contribution in [0, 0.1) is 19.7 Å². The van der Waals surface area contributed by atoms with Crippen molar-refractivity contribution < 1.29 is 23.5 Å². The van der Waals surface area contributed by atoms with E-state index >= 15 is 0 Å². The zero-order valence-electron chi connectivity index (χ0n) is 17.6. The van der Waals surface area contributed by atoms with E-state index in [0.29, 0.717) is 27.9 Å². The number of esters is 1. The van der Waals surface area contributed by atoms with Gasteiger partial charge in [-0.05, 0) is 49.2 Å². The summed E-state index contributed by atoms with van der Waals surface area (Å²) in [7, 11) is 1.27. The maximum Gasteiger partial charge on any atom is 0.354 e. The molecule has 0 aliphatic heterocycles. The van der Waals surface area contributed by atoms with E-state index in [2.05, 4.69) is 4.98 Å². The first-order valence-electron chi connectivity index (χ1n) is 9.71. The Labute approximate surface area is 179 Å². The molecule has 0 radical (unpaired) electrons. The van der Waals surface area contributed by atoms with Crippen LogP contribution in [0.4, 0.5) is 4.39 Å². The van der Waals surface area contributed by atoms with Crippen molar-refractivity contribution in [3.63, 3.8) is 0 Å². The number of aromatic amines is 1. The first-order valence-corrected chi connectivity index (χ1v) is 9.71. The van der Waals surface area contributed by atoms with Gasteiger partial charge in [0.05, 0.1) is 13.7 Å². The Morgan fingerprint density at radius 2 is 1.65 bits per heavy atom. The fourth-order valence-corrected chi connectivity index (χ4v) is 3.50. The Hall–Kier alpha value is -3.74. The van der Waals surface area contributed by atoms with Crippen LogP contribution in [0.1, 0.15) is 48.0 Å². The quantitative estimate of drug-likeness (QED) is 0.460. The molecule has 7 heteroatoms. The number of benzene rings is 2. The van der Waals surface area contributed by atoms with Crippen molar-refractivity contribution in [2.24, 2.45) is 0 Å². The average molecular weight is 422 g/mol. The summed E-state index contributed by atoms with van der Waals surface area (Å²) in [6.07, 6.45) is 0. The summed E-state index contributed by atoms with van der Waals surface area (Å²) in [5.41, 5.74) is 2.69. The first-order chi connectivity index (χ1) is 14.8. The number of halogens is 1. The number of amides is 1. The zero-order valence-corrected chi connectivity index (χ0v) is 17.6. The number of ketones is 1. The van der Waals surface area contributed by atoms with Gasteiger partial charge in [0.1, 0.15) is 11.5 Å². The summed E-state index contributed by atoms with van der Waals surface area (Å²) in [5.74, 6) is -1.58. The van der Waals surface area contributed by atoms with Gasteiger partial charge in [-0.1, -0.05) is 30.3 Å². The van der Waals surface area contributed by atoms with E-state index in [0.717, 1.165) is 0 Å². The molecule has 0 aliphatic rings. The van der Waals surface area contributed by atoms with Crippen LogP contribution in [0.15, 0.2) is 54.6 Å². The number of nitrogens with zero attached hydrogens (tertiary/aromatic N) is 1. The lowest BCUT2D eigenvalue weighted by atomic mass is 10.0. The van der Waals surface area contributed by atoms with E-state index in [4.69, 9.17) is 4.74 Å². The van der Waals surface area contributed by atoms with Gasteiger partial charge < -0.3 is 14.6 Å². The Morgan fingerprint density at radius 1 is 1.00 bits per heavy atom. The molecule has 0 bridgehead atoms. The van der Waals surface area contributed by atoms with Crippen molar-refractivity contribution in [1.82, 2.24) is 9.88 Å². The van der Waals surface area contributed by atoms with Crippen molar-refractivity contribution in [2.45, 2.75) is 20.4 Å². The standard InChI is InChI=1S/C24H23FN2O4/c1-15-21(16(2)26-22(15)24(30)31-3)20(28)14-27(13-17-9-11-19(25)12-10-17)23(29)18-7-5-4-6-8-18/h4-12,26H,13-14H2,1-3H3. The summed E-state index contributed by atoms with van der Waals surface area (Å²) >= 11 is 0. The van der Waals surface area contributed by atoms with Crippen molar-refractivity contribution in [3.8, 4) is 0 Å². The molecule has 160 valence electrons. The smallest absolute Gasteiger partial charge is 0.354 e. The van der Waals surface area contributed by atoms with Gasteiger partial charge in [-0.2, -0.15) is 0 Å². The molecular formula is C24H23FN2O4. The largest absolute Gasteiger partial charge is 0.464 e. The van der Waals surface area contributed by atoms with E-state index < -0.39 is 5.97 Å². The molecule has 2 aromatic carbocycles. The lowest BCUT2D eigenvalue weighted by Gasteiger charge is -2.22. The minimum absolute atomic E-state index is 0.131. The SMILES string of the molecule is COC(=O)c1[nH]c(C)c(C(=O)CN(Cc2ccc(F)cc2)C(=O)c2ccccc2)c1C. The van der Waals surface area contributed by atoms with Gasteiger partial charge in [-0.3, -0.25) is 9.59 Å². The lowest BCUT2D eigenvalue weighted by molar-refractivity contribution is 0.0593. The third-order valence-corrected chi connectivity index (χ3v) is 5.03. The monoisotopic (exact) mass is 422 g/mol. The number of hydrogen-bond acceptors (Lipinski definition) is 4. The molecule has 3 rings (SSSR count). The summed E-state index contributed by atoms with van der Waals surface area (Å²) in [4.78, 5) is 42.6. The molecular weight excluding hydrogens is 399 g/mol. The van der Waals surface area contributed by atoms with E-state index in [-0.39, 0.29) is 36.3 Å². The van der Waals surface area contributed by atoms with Crippen LogP contribution in [-0.4, -0.2) is 41.2 Å². The molecule has 0 unspecified atom stereocenters. The minimum atomic E-state index is -0.566. The number of rotatable bonds is 7. The highest BCUT2D eigenvalue weighted by molar-refractivity contribution is 6.05. The predicted octanol–water partition coefficient (Wildman–Crippen LogP) is 4.08. The maximum absolute atomic E-state index is 13.3. The molecule has 1 amide bonds. The van der Waals surface area contributed by atoms with E-state index in [1.54, 1.807) is 56.3 Å². The van der Waals surface area contributed by atoms with Gasteiger partial charge in [0, 0.05) is 23.4 Å². The number of carbonyl (C=O) groups excluding carboxylic acids is 3. The second kappa shape index (κ2) is 9.38. The van der Waals surface area contributed by atoms with Gasteiger partial charge in [0.15, 0.2) is 5.78 Å². The molecule has 0 fully saturated rings. The number of H-pyrrole nitrogens is 1. The predicted molar refractivity (Wildman–Crippen MR) is 114 cm³/mol. The molecule has 3 aromatic rings. The Bertz CT molecular complexity index is 1100. The normalized spacial score (nSPS) is 10.6. The highest BCUT2D eigenvalue weighted by atomic mass is 19.1. The number of carbonyl (C=O) groups is 3. The number of ether oxygens (including phenoxy) is 1. The van der Waals surface area contributed by atoms with Crippen LogP contribution in [0.25, 0.3) is 0 Å². The Morgan fingerprint density at radius 3 is 2.26 bits per heavy atom. The van der Waals surface area contributed by atoms with Crippen molar-refractivity contribution in [2.75, 3.05) is 13.7 Å². The molecule has 0 saturated carbocycles. The summed E-state index contributed by atoms with van der Waals surface area (Å²) in [6, 6.07) is 14.4. The Balaban J connectivity index is 1.92. The van der Waals surface area contributed by atoms with Gasteiger partial charge in [0.2, 0.25) is 0 Å². The fraction of sp³-hybridized carbons (Fsp3) is 0.208. The number of nitrogens with one attached hydrogen (secondary N) is 1.